The molecule has 0 radical (unpaired) electrons. The maximum absolute atomic E-state index is 12.0. The van der Waals surface area contributed by atoms with Gasteiger partial charge in [0.25, 0.3) is 0 Å². The molecule has 2 fully saturated rings. The molecule has 0 bridgehead atoms. The highest BCUT2D eigenvalue weighted by atomic mass is 16.5. The van der Waals surface area contributed by atoms with Crippen LogP contribution in [0.4, 0.5) is 10.5 Å². The predicted octanol–water partition coefficient (Wildman–Crippen LogP) is 5.56. The number of anilines is 1. The molecule has 1 aliphatic heterocycles. The lowest BCUT2D eigenvalue weighted by molar-refractivity contribution is 0.155. The zero-order chi connectivity index (χ0) is 19.3. The van der Waals surface area contributed by atoms with Crippen LogP contribution >= 0.6 is 0 Å². The first-order valence-electron chi connectivity index (χ1n) is 10.5. The van der Waals surface area contributed by atoms with Crippen molar-refractivity contribution in [2.75, 3.05) is 11.9 Å². The van der Waals surface area contributed by atoms with Crippen molar-refractivity contribution in [2.24, 2.45) is 0 Å². The van der Waals surface area contributed by atoms with Gasteiger partial charge in [-0.1, -0.05) is 42.5 Å². The number of hydrogen-bond acceptors (Lipinski definition) is 3. The Morgan fingerprint density at radius 1 is 1.07 bits per heavy atom. The maximum atomic E-state index is 12.0. The normalized spacial score (nSPS) is 25.0. The summed E-state index contributed by atoms with van der Waals surface area (Å²) < 4.78 is 5.29. The van der Waals surface area contributed by atoms with Gasteiger partial charge in [-0.15, -0.1) is 0 Å². The van der Waals surface area contributed by atoms with E-state index in [1.54, 1.807) is 0 Å². The monoisotopic (exact) mass is 378 g/mol. The standard InChI is InChI=1S/C24H30N2O2/c1-18-6-5-15-26(18)23-14-11-21(16-23)20-9-12-22(13-10-20)25-24(27)28-17-19-7-3-2-4-8-19/h2-4,7-10,12-13,18,21,23H,5-6,11,14-17H2,1H3,(H,25,27)/t18-,21-,23?/m1/s1. The van der Waals surface area contributed by atoms with Crippen LogP contribution in [0.3, 0.4) is 0 Å². The summed E-state index contributed by atoms with van der Waals surface area (Å²) in [5.74, 6) is 0.636. The van der Waals surface area contributed by atoms with Crippen LogP contribution in [-0.4, -0.2) is 29.6 Å². The van der Waals surface area contributed by atoms with Crippen LogP contribution in [0.15, 0.2) is 54.6 Å². The minimum atomic E-state index is -0.416. The fraction of sp³-hybridized carbons (Fsp3) is 0.458. The highest BCUT2D eigenvalue weighted by Crippen LogP contribution is 2.39. The van der Waals surface area contributed by atoms with E-state index in [1.807, 2.05) is 42.5 Å². The van der Waals surface area contributed by atoms with Crippen molar-refractivity contribution < 1.29 is 9.53 Å². The summed E-state index contributed by atoms with van der Waals surface area (Å²) in [4.78, 5) is 14.7. The summed E-state index contributed by atoms with van der Waals surface area (Å²) >= 11 is 0. The Morgan fingerprint density at radius 3 is 2.57 bits per heavy atom. The molecule has 148 valence electrons. The summed E-state index contributed by atoms with van der Waals surface area (Å²) in [5.41, 5.74) is 3.15. The summed E-state index contributed by atoms with van der Waals surface area (Å²) in [6.07, 6.45) is 6.11. The second kappa shape index (κ2) is 8.78. The molecule has 1 saturated carbocycles. The van der Waals surface area contributed by atoms with Crippen LogP contribution in [0.5, 0.6) is 0 Å². The lowest BCUT2D eigenvalue weighted by atomic mass is 9.97. The first-order chi connectivity index (χ1) is 13.7. The number of nitrogens with zero attached hydrogens (tertiary/aromatic N) is 1. The number of rotatable bonds is 5. The Labute approximate surface area is 167 Å². The van der Waals surface area contributed by atoms with E-state index in [0.29, 0.717) is 5.92 Å². The minimum Gasteiger partial charge on any atom is -0.444 e. The third kappa shape index (κ3) is 4.56. The minimum absolute atomic E-state index is 0.281. The molecule has 1 heterocycles. The SMILES string of the molecule is C[C@@H]1CCCN1C1CC[C@@H](c2ccc(NC(=O)OCc3ccccc3)cc2)C1. The molecule has 4 heteroatoms. The van der Waals surface area contributed by atoms with Crippen LogP contribution < -0.4 is 5.32 Å². The maximum Gasteiger partial charge on any atom is 0.411 e. The molecule has 4 rings (SSSR count). The number of carbonyl (C=O) groups excluding carboxylic acids is 1. The van der Waals surface area contributed by atoms with Gasteiger partial charge in [0, 0.05) is 17.8 Å². The smallest absolute Gasteiger partial charge is 0.411 e. The number of benzene rings is 2. The van der Waals surface area contributed by atoms with Gasteiger partial charge in [0.1, 0.15) is 6.61 Å². The molecular formula is C24H30N2O2. The van der Waals surface area contributed by atoms with Crippen molar-refractivity contribution in [2.45, 2.75) is 63.6 Å². The van der Waals surface area contributed by atoms with Crippen molar-refractivity contribution in [3.63, 3.8) is 0 Å². The Morgan fingerprint density at radius 2 is 1.86 bits per heavy atom. The lowest BCUT2D eigenvalue weighted by Gasteiger charge is -2.28. The molecule has 2 aromatic carbocycles. The van der Waals surface area contributed by atoms with E-state index in [1.165, 1.54) is 44.2 Å². The van der Waals surface area contributed by atoms with E-state index in [2.05, 4.69) is 29.3 Å². The lowest BCUT2D eigenvalue weighted by Crippen LogP contribution is -2.35. The molecule has 0 aromatic heterocycles. The van der Waals surface area contributed by atoms with Gasteiger partial charge in [-0.2, -0.15) is 0 Å². The number of likely N-dealkylation sites (tertiary alicyclic amines) is 1. The van der Waals surface area contributed by atoms with Crippen molar-refractivity contribution in [3.8, 4) is 0 Å². The van der Waals surface area contributed by atoms with E-state index in [0.717, 1.165) is 23.3 Å². The molecule has 2 aromatic rings. The molecule has 28 heavy (non-hydrogen) atoms. The second-order valence-electron chi connectivity index (χ2n) is 8.20. The van der Waals surface area contributed by atoms with Crippen LogP contribution in [0.2, 0.25) is 0 Å². The Balaban J connectivity index is 1.27. The zero-order valence-electron chi connectivity index (χ0n) is 16.6. The molecule has 1 N–H and O–H groups in total. The number of nitrogens with one attached hydrogen (secondary N) is 1. The van der Waals surface area contributed by atoms with Crippen LogP contribution in [0, 0.1) is 0 Å². The molecule has 2 aliphatic rings. The summed E-state index contributed by atoms with van der Waals surface area (Å²) in [6.45, 7) is 3.92. The van der Waals surface area contributed by atoms with Crippen molar-refractivity contribution >= 4 is 11.8 Å². The molecule has 1 saturated heterocycles. The Kier molecular flexibility index (Phi) is 5.96. The van der Waals surface area contributed by atoms with E-state index in [4.69, 9.17) is 4.74 Å². The average Bonchev–Trinajstić information content (AvgIpc) is 3.37. The van der Waals surface area contributed by atoms with Crippen LogP contribution in [-0.2, 0) is 11.3 Å². The first-order valence-corrected chi connectivity index (χ1v) is 10.5. The fourth-order valence-electron chi connectivity index (χ4n) is 4.78. The summed E-state index contributed by atoms with van der Waals surface area (Å²) in [5, 5.41) is 2.82. The van der Waals surface area contributed by atoms with E-state index >= 15 is 0 Å². The van der Waals surface area contributed by atoms with Crippen molar-refractivity contribution in [3.05, 3.63) is 65.7 Å². The quantitative estimate of drug-likeness (QED) is 0.741. The topological polar surface area (TPSA) is 41.6 Å². The zero-order valence-corrected chi connectivity index (χ0v) is 16.6. The molecular weight excluding hydrogens is 348 g/mol. The van der Waals surface area contributed by atoms with Gasteiger partial charge in [0.15, 0.2) is 0 Å². The largest absolute Gasteiger partial charge is 0.444 e. The Bertz CT molecular complexity index is 775. The molecule has 4 nitrogen and oxygen atoms in total. The third-order valence-corrected chi connectivity index (χ3v) is 6.32. The van der Waals surface area contributed by atoms with Crippen LogP contribution in [0.25, 0.3) is 0 Å². The van der Waals surface area contributed by atoms with Gasteiger partial charge in [0.2, 0.25) is 0 Å². The van der Waals surface area contributed by atoms with Gasteiger partial charge in [0.05, 0.1) is 0 Å². The molecule has 3 atom stereocenters. The van der Waals surface area contributed by atoms with E-state index < -0.39 is 6.09 Å². The number of hydrogen-bond donors (Lipinski definition) is 1. The van der Waals surface area contributed by atoms with Gasteiger partial charge < -0.3 is 4.74 Å². The number of amides is 1. The molecule has 1 unspecified atom stereocenters. The fourth-order valence-corrected chi connectivity index (χ4v) is 4.78. The van der Waals surface area contributed by atoms with Gasteiger partial charge >= 0.3 is 6.09 Å². The third-order valence-electron chi connectivity index (χ3n) is 6.32. The first kappa shape index (κ1) is 19.0. The van der Waals surface area contributed by atoms with E-state index in [-0.39, 0.29) is 6.61 Å². The number of carbonyl (C=O) groups is 1. The van der Waals surface area contributed by atoms with Gasteiger partial charge in [-0.25, -0.2) is 4.79 Å². The van der Waals surface area contributed by atoms with Crippen LogP contribution in [0.1, 0.15) is 56.1 Å². The van der Waals surface area contributed by atoms with Crippen molar-refractivity contribution in [1.29, 1.82) is 0 Å². The Hall–Kier alpha value is -2.33. The van der Waals surface area contributed by atoms with Gasteiger partial charge in [-0.05, 0) is 74.8 Å². The molecule has 1 amide bonds. The average molecular weight is 379 g/mol. The summed E-state index contributed by atoms with van der Waals surface area (Å²) in [6, 6.07) is 19.5. The van der Waals surface area contributed by atoms with E-state index in [9.17, 15) is 4.79 Å². The highest BCUT2D eigenvalue weighted by molar-refractivity contribution is 5.84. The molecule has 0 spiro atoms. The number of ether oxygens (including phenoxy) is 1. The van der Waals surface area contributed by atoms with Crippen molar-refractivity contribution in [1.82, 2.24) is 4.90 Å². The van der Waals surface area contributed by atoms with Gasteiger partial charge in [-0.3, -0.25) is 10.2 Å². The second-order valence-corrected chi connectivity index (χ2v) is 8.20. The predicted molar refractivity (Wildman–Crippen MR) is 112 cm³/mol. The highest BCUT2D eigenvalue weighted by Gasteiger charge is 2.34. The molecule has 1 aliphatic carbocycles. The summed E-state index contributed by atoms with van der Waals surface area (Å²) in [7, 11) is 0.